The van der Waals surface area contributed by atoms with Gasteiger partial charge in [0.05, 0.1) is 6.42 Å². The molecule has 0 heterocycles. The van der Waals surface area contributed by atoms with E-state index in [-0.39, 0.29) is 5.91 Å². The van der Waals surface area contributed by atoms with Crippen molar-refractivity contribution in [3.63, 3.8) is 0 Å². The maximum absolute atomic E-state index is 11.9. The number of benzene rings is 2. The van der Waals surface area contributed by atoms with Crippen molar-refractivity contribution < 1.29 is 4.79 Å². The van der Waals surface area contributed by atoms with Crippen LogP contribution >= 0.6 is 38.5 Å². The molecule has 0 aliphatic carbocycles. The largest absolute Gasteiger partial charge is 0.326 e. The molecule has 19 heavy (non-hydrogen) atoms. The van der Waals surface area contributed by atoms with Crippen LogP contribution in [0.3, 0.4) is 0 Å². The molecule has 2 rings (SSSR count). The Hall–Kier alpha value is -0.880. The van der Waals surface area contributed by atoms with Crippen molar-refractivity contribution in [1.29, 1.82) is 0 Å². The van der Waals surface area contributed by atoms with E-state index in [1.807, 2.05) is 49.4 Å². The number of anilines is 1. The molecule has 0 bridgehead atoms. The number of nitrogens with one attached hydrogen (secondary N) is 1. The fraction of sp³-hybridized carbons (Fsp3) is 0.133. The smallest absolute Gasteiger partial charge is 0.228 e. The topological polar surface area (TPSA) is 29.1 Å². The Morgan fingerprint density at radius 1 is 1.21 bits per heavy atom. The van der Waals surface area contributed by atoms with Crippen molar-refractivity contribution in [3.05, 3.63) is 61.6 Å². The van der Waals surface area contributed by atoms with Crippen LogP contribution < -0.4 is 5.32 Å². The van der Waals surface area contributed by atoms with Crippen LogP contribution in [0.1, 0.15) is 11.1 Å². The van der Waals surface area contributed by atoms with Gasteiger partial charge in [-0.05, 0) is 69.2 Å². The van der Waals surface area contributed by atoms with Crippen LogP contribution in [-0.4, -0.2) is 5.91 Å². The van der Waals surface area contributed by atoms with Crippen LogP contribution in [0.15, 0.2) is 46.9 Å². The van der Waals surface area contributed by atoms with Gasteiger partial charge in [0.25, 0.3) is 0 Å². The zero-order valence-electron chi connectivity index (χ0n) is 10.4. The normalized spacial score (nSPS) is 10.3. The molecule has 0 radical (unpaired) electrons. The number of hydrogen-bond acceptors (Lipinski definition) is 1. The molecular weight excluding hydrogens is 417 g/mol. The molecule has 0 aliphatic rings. The monoisotopic (exact) mass is 429 g/mol. The van der Waals surface area contributed by atoms with Crippen molar-refractivity contribution in [1.82, 2.24) is 0 Å². The lowest BCUT2D eigenvalue weighted by molar-refractivity contribution is -0.115. The fourth-order valence-electron chi connectivity index (χ4n) is 1.67. The van der Waals surface area contributed by atoms with Crippen molar-refractivity contribution in [3.8, 4) is 0 Å². The molecule has 0 aromatic heterocycles. The van der Waals surface area contributed by atoms with E-state index in [0.717, 1.165) is 19.3 Å². The highest BCUT2D eigenvalue weighted by Crippen LogP contribution is 2.22. The third-order valence-corrected chi connectivity index (χ3v) is 5.01. The second-order valence-electron chi connectivity index (χ2n) is 4.34. The van der Waals surface area contributed by atoms with E-state index in [0.29, 0.717) is 6.42 Å². The predicted molar refractivity (Wildman–Crippen MR) is 90.4 cm³/mol. The molecule has 1 amide bonds. The first-order valence-electron chi connectivity index (χ1n) is 5.85. The lowest BCUT2D eigenvalue weighted by atomic mass is 10.1. The molecule has 2 nitrogen and oxygen atoms in total. The molecule has 0 spiro atoms. The highest BCUT2D eigenvalue weighted by Gasteiger charge is 2.05. The van der Waals surface area contributed by atoms with Crippen LogP contribution in [-0.2, 0) is 11.2 Å². The second kappa shape index (κ2) is 6.52. The van der Waals surface area contributed by atoms with Gasteiger partial charge in [0.1, 0.15) is 0 Å². The summed E-state index contributed by atoms with van der Waals surface area (Å²) in [5.74, 6) is 0.00183. The molecule has 98 valence electrons. The molecule has 0 unspecified atom stereocenters. The zero-order valence-corrected chi connectivity index (χ0v) is 14.2. The van der Waals surface area contributed by atoms with Gasteiger partial charge in [-0.1, -0.05) is 29.8 Å². The summed E-state index contributed by atoms with van der Waals surface area (Å²) in [6.45, 7) is 2.04. The third-order valence-electron chi connectivity index (χ3n) is 2.69. The lowest BCUT2D eigenvalue weighted by Crippen LogP contribution is -2.14. The van der Waals surface area contributed by atoms with E-state index in [1.54, 1.807) is 0 Å². The SMILES string of the molecule is Cc1ccc(CC(=O)Nc2ccc(Br)c(I)c2)cc1. The van der Waals surface area contributed by atoms with Crippen LogP contribution in [0.5, 0.6) is 0 Å². The van der Waals surface area contributed by atoms with Crippen LogP contribution in [0, 0.1) is 10.5 Å². The van der Waals surface area contributed by atoms with E-state index in [2.05, 4.69) is 43.8 Å². The summed E-state index contributed by atoms with van der Waals surface area (Å²) >= 11 is 5.66. The summed E-state index contributed by atoms with van der Waals surface area (Å²) in [5.41, 5.74) is 3.05. The minimum Gasteiger partial charge on any atom is -0.326 e. The predicted octanol–water partition coefficient (Wildman–Crippen LogP) is 4.54. The average Bonchev–Trinajstić information content (AvgIpc) is 2.37. The van der Waals surface area contributed by atoms with Crippen molar-refractivity contribution in [2.75, 3.05) is 5.32 Å². The minimum absolute atomic E-state index is 0.00183. The Morgan fingerprint density at radius 3 is 2.53 bits per heavy atom. The van der Waals surface area contributed by atoms with Gasteiger partial charge in [-0.3, -0.25) is 4.79 Å². The first-order chi connectivity index (χ1) is 9.04. The van der Waals surface area contributed by atoms with Gasteiger partial charge in [-0.15, -0.1) is 0 Å². The number of halogens is 2. The standard InChI is InChI=1S/C15H13BrINO/c1-10-2-4-11(5-3-10)8-15(19)18-12-6-7-13(16)14(17)9-12/h2-7,9H,8H2,1H3,(H,18,19). The van der Waals surface area contributed by atoms with Crippen molar-refractivity contribution in [2.45, 2.75) is 13.3 Å². The van der Waals surface area contributed by atoms with Gasteiger partial charge >= 0.3 is 0 Å². The van der Waals surface area contributed by atoms with Crippen LogP contribution in [0.4, 0.5) is 5.69 Å². The summed E-state index contributed by atoms with van der Waals surface area (Å²) in [6.07, 6.45) is 0.396. The Morgan fingerprint density at radius 2 is 1.89 bits per heavy atom. The van der Waals surface area contributed by atoms with Gasteiger partial charge in [0.2, 0.25) is 5.91 Å². The Bertz CT molecular complexity index is 596. The van der Waals surface area contributed by atoms with Crippen LogP contribution in [0.25, 0.3) is 0 Å². The number of rotatable bonds is 3. The molecule has 1 N–H and O–H groups in total. The van der Waals surface area contributed by atoms with E-state index in [1.165, 1.54) is 5.56 Å². The van der Waals surface area contributed by atoms with Gasteiger partial charge in [0.15, 0.2) is 0 Å². The molecule has 0 saturated heterocycles. The van der Waals surface area contributed by atoms with E-state index >= 15 is 0 Å². The average molecular weight is 430 g/mol. The van der Waals surface area contributed by atoms with Crippen molar-refractivity contribution >= 4 is 50.1 Å². The quantitative estimate of drug-likeness (QED) is 0.713. The van der Waals surface area contributed by atoms with Crippen molar-refractivity contribution in [2.24, 2.45) is 0 Å². The maximum atomic E-state index is 11.9. The third kappa shape index (κ3) is 4.31. The molecule has 4 heteroatoms. The molecule has 0 atom stereocenters. The molecule has 0 fully saturated rings. The molecule has 2 aromatic rings. The number of carbonyl (C=O) groups excluding carboxylic acids is 1. The summed E-state index contributed by atoms with van der Waals surface area (Å²) in [6, 6.07) is 13.8. The van der Waals surface area contributed by atoms with Gasteiger partial charge in [0, 0.05) is 13.7 Å². The Labute approximate surface area is 134 Å². The first kappa shape index (κ1) is 14.5. The van der Waals surface area contributed by atoms with Gasteiger partial charge in [-0.2, -0.15) is 0 Å². The number of aryl methyl sites for hydroxylation is 1. The fourth-order valence-corrected chi connectivity index (χ4v) is 2.43. The molecule has 0 saturated carbocycles. The number of hydrogen-bond donors (Lipinski definition) is 1. The maximum Gasteiger partial charge on any atom is 0.228 e. The molecular formula is C15H13BrINO. The van der Waals surface area contributed by atoms with E-state index in [4.69, 9.17) is 0 Å². The number of amides is 1. The zero-order chi connectivity index (χ0) is 13.8. The summed E-state index contributed by atoms with van der Waals surface area (Å²) in [4.78, 5) is 11.9. The number of carbonyl (C=O) groups is 1. The minimum atomic E-state index is 0.00183. The van der Waals surface area contributed by atoms with E-state index in [9.17, 15) is 4.79 Å². The van der Waals surface area contributed by atoms with Crippen LogP contribution in [0.2, 0.25) is 0 Å². The Kier molecular flexibility index (Phi) is 4.99. The Balaban J connectivity index is 2.01. The van der Waals surface area contributed by atoms with Gasteiger partial charge in [-0.25, -0.2) is 0 Å². The summed E-state index contributed by atoms with van der Waals surface area (Å²) in [5, 5.41) is 2.91. The second-order valence-corrected chi connectivity index (χ2v) is 6.36. The highest BCUT2D eigenvalue weighted by atomic mass is 127. The van der Waals surface area contributed by atoms with Gasteiger partial charge < -0.3 is 5.32 Å². The molecule has 2 aromatic carbocycles. The van der Waals surface area contributed by atoms with E-state index < -0.39 is 0 Å². The summed E-state index contributed by atoms with van der Waals surface area (Å²) in [7, 11) is 0. The first-order valence-corrected chi connectivity index (χ1v) is 7.72. The molecule has 0 aliphatic heterocycles. The lowest BCUT2D eigenvalue weighted by Gasteiger charge is -2.07. The highest BCUT2D eigenvalue weighted by molar-refractivity contribution is 14.1. The summed E-state index contributed by atoms with van der Waals surface area (Å²) < 4.78 is 2.11.